The highest BCUT2D eigenvalue weighted by atomic mass is 16.4. The number of hydrogen-bond acceptors (Lipinski definition) is 3. The van der Waals surface area contributed by atoms with Crippen LogP contribution < -0.4 is 11.1 Å². The predicted octanol–water partition coefficient (Wildman–Crippen LogP) is -1.08. The zero-order valence-electron chi connectivity index (χ0n) is 6.33. The summed E-state index contributed by atoms with van der Waals surface area (Å²) in [5.74, 6) is -1.38. The maximum absolute atomic E-state index is 10.2. The minimum atomic E-state index is -0.894. The molecule has 5 heteroatoms. The lowest BCUT2D eigenvalue weighted by atomic mass is 10.2. The van der Waals surface area contributed by atoms with Crippen LogP contribution in [-0.2, 0) is 9.59 Å². The Labute approximate surface area is 64.6 Å². The minimum Gasteiger partial charge on any atom is -0.481 e. The van der Waals surface area contributed by atoms with Crippen LogP contribution in [0, 0.1) is 0 Å². The van der Waals surface area contributed by atoms with Gasteiger partial charge in [-0.25, -0.2) is 0 Å². The Kier molecular flexibility index (Phi) is 4.21. The molecule has 0 aromatic rings. The van der Waals surface area contributed by atoms with Gasteiger partial charge < -0.3 is 16.2 Å². The normalized spacial score (nSPS) is 12.5. The topological polar surface area (TPSA) is 92.4 Å². The molecule has 0 saturated carbocycles. The molecule has 5 nitrogen and oxygen atoms in total. The fourth-order valence-corrected chi connectivity index (χ4v) is 0.609. The fraction of sp³-hybridized carbons (Fsp3) is 0.667. The number of rotatable bonds is 5. The third kappa shape index (κ3) is 6.79. The van der Waals surface area contributed by atoms with Crippen molar-refractivity contribution < 1.29 is 14.7 Å². The molecule has 11 heavy (non-hydrogen) atoms. The third-order valence-electron chi connectivity index (χ3n) is 1.11. The van der Waals surface area contributed by atoms with Crippen LogP contribution in [0.25, 0.3) is 0 Å². The van der Waals surface area contributed by atoms with Gasteiger partial charge in [-0.15, -0.1) is 0 Å². The van der Waals surface area contributed by atoms with Crippen LogP contribution >= 0.6 is 0 Å². The number of nitrogens with one attached hydrogen (secondary N) is 1. The molecular weight excluding hydrogens is 148 g/mol. The highest BCUT2D eigenvalue weighted by molar-refractivity contribution is 5.76. The maximum Gasteiger partial charge on any atom is 0.304 e. The lowest BCUT2D eigenvalue weighted by Gasteiger charge is -2.08. The van der Waals surface area contributed by atoms with Crippen LogP contribution in [0.15, 0.2) is 0 Å². The van der Waals surface area contributed by atoms with E-state index in [1.807, 2.05) is 0 Å². The summed E-state index contributed by atoms with van der Waals surface area (Å²) in [4.78, 5) is 20.3. The Hall–Kier alpha value is -1.10. The van der Waals surface area contributed by atoms with Crippen molar-refractivity contribution in [2.45, 2.75) is 19.4 Å². The monoisotopic (exact) mass is 160 g/mol. The van der Waals surface area contributed by atoms with E-state index in [1.54, 1.807) is 6.92 Å². The summed E-state index contributed by atoms with van der Waals surface area (Å²) >= 11 is 0. The summed E-state index contributed by atoms with van der Waals surface area (Å²) in [7, 11) is 0. The molecule has 0 aliphatic carbocycles. The summed E-state index contributed by atoms with van der Waals surface area (Å²) in [6.07, 6.45) is -0.00667. The summed E-state index contributed by atoms with van der Waals surface area (Å²) < 4.78 is 0. The quantitative estimate of drug-likeness (QED) is 0.477. The van der Waals surface area contributed by atoms with E-state index in [4.69, 9.17) is 10.8 Å². The Balaban J connectivity index is 3.44. The van der Waals surface area contributed by atoms with Crippen molar-refractivity contribution >= 4 is 11.9 Å². The van der Waals surface area contributed by atoms with Gasteiger partial charge in [-0.2, -0.15) is 0 Å². The smallest absolute Gasteiger partial charge is 0.304 e. The van der Waals surface area contributed by atoms with Crippen LogP contribution in [-0.4, -0.2) is 29.6 Å². The van der Waals surface area contributed by atoms with Crippen LogP contribution in [0.1, 0.15) is 13.3 Å². The van der Waals surface area contributed by atoms with E-state index in [0.29, 0.717) is 0 Å². The molecule has 0 radical (unpaired) electrons. The molecule has 0 aliphatic rings. The zero-order chi connectivity index (χ0) is 8.85. The molecule has 0 aliphatic heterocycles. The number of carbonyl (C=O) groups is 2. The van der Waals surface area contributed by atoms with E-state index in [1.165, 1.54) is 0 Å². The first-order valence-corrected chi connectivity index (χ1v) is 3.26. The average Bonchev–Trinajstić information content (AvgIpc) is 1.82. The van der Waals surface area contributed by atoms with Crippen molar-refractivity contribution in [3.63, 3.8) is 0 Å². The second kappa shape index (κ2) is 4.68. The predicted molar refractivity (Wildman–Crippen MR) is 38.9 cm³/mol. The molecule has 4 N–H and O–H groups in total. The molecule has 1 atom stereocenters. The summed E-state index contributed by atoms with van der Waals surface area (Å²) in [5.41, 5.74) is 4.82. The second-order valence-corrected chi connectivity index (χ2v) is 2.35. The maximum atomic E-state index is 10.2. The van der Waals surface area contributed by atoms with E-state index in [9.17, 15) is 9.59 Å². The van der Waals surface area contributed by atoms with Crippen molar-refractivity contribution in [1.82, 2.24) is 5.32 Å². The van der Waals surface area contributed by atoms with Gasteiger partial charge in [-0.05, 0) is 6.92 Å². The highest BCUT2D eigenvalue weighted by Gasteiger charge is 2.06. The molecule has 64 valence electrons. The van der Waals surface area contributed by atoms with Crippen molar-refractivity contribution in [2.75, 3.05) is 6.54 Å². The molecule has 0 bridgehead atoms. The summed E-state index contributed by atoms with van der Waals surface area (Å²) in [6.45, 7) is 1.70. The molecule has 0 rings (SSSR count). The van der Waals surface area contributed by atoms with E-state index < -0.39 is 11.9 Å². The summed E-state index contributed by atoms with van der Waals surface area (Å²) in [5, 5.41) is 11.0. The Morgan fingerprint density at radius 2 is 2.18 bits per heavy atom. The van der Waals surface area contributed by atoms with Gasteiger partial charge in [0.05, 0.1) is 13.0 Å². The van der Waals surface area contributed by atoms with Crippen LogP contribution in [0.4, 0.5) is 0 Å². The molecule has 1 unspecified atom stereocenters. The van der Waals surface area contributed by atoms with Gasteiger partial charge >= 0.3 is 5.97 Å². The Morgan fingerprint density at radius 1 is 1.64 bits per heavy atom. The average molecular weight is 160 g/mol. The number of amides is 1. The number of carboxylic acid groups (broad SMARTS) is 1. The van der Waals surface area contributed by atoms with Gasteiger partial charge in [-0.1, -0.05) is 0 Å². The molecule has 0 saturated heterocycles. The molecule has 0 fully saturated rings. The van der Waals surface area contributed by atoms with Gasteiger partial charge in [0.25, 0.3) is 0 Å². The van der Waals surface area contributed by atoms with Crippen molar-refractivity contribution in [2.24, 2.45) is 5.73 Å². The molecule has 0 spiro atoms. The van der Waals surface area contributed by atoms with Crippen LogP contribution in [0.2, 0.25) is 0 Å². The first-order chi connectivity index (χ1) is 5.02. The van der Waals surface area contributed by atoms with Crippen molar-refractivity contribution in [3.8, 4) is 0 Å². The molecule has 1 amide bonds. The molecule has 0 aromatic heterocycles. The minimum absolute atomic E-state index is 0.00667. The fourth-order valence-electron chi connectivity index (χ4n) is 0.609. The van der Waals surface area contributed by atoms with Gasteiger partial charge in [0.1, 0.15) is 0 Å². The summed E-state index contributed by atoms with van der Waals surface area (Å²) in [6, 6.07) is -0.222. The SMILES string of the molecule is CC(CC(=O)O)NCC(N)=O. The number of hydrogen-bond donors (Lipinski definition) is 3. The number of nitrogens with two attached hydrogens (primary N) is 1. The lowest BCUT2D eigenvalue weighted by molar-refractivity contribution is -0.137. The highest BCUT2D eigenvalue weighted by Crippen LogP contribution is 1.88. The Morgan fingerprint density at radius 3 is 2.55 bits per heavy atom. The van der Waals surface area contributed by atoms with E-state index >= 15 is 0 Å². The molecule has 0 aromatic carbocycles. The zero-order valence-corrected chi connectivity index (χ0v) is 6.33. The standard InChI is InChI=1S/C6H12N2O3/c1-4(2-6(10)11)8-3-5(7)9/h4,8H,2-3H2,1H3,(H2,7,9)(H,10,11). The van der Waals surface area contributed by atoms with E-state index in [-0.39, 0.29) is 19.0 Å². The van der Waals surface area contributed by atoms with Gasteiger partial charge in [0.2, 0.25) is 5.91 Å². The first-order valence-electron chi connectivity index (χ1n) is 3.26. The molecule has 0 heterocycles. The Bertz CT molecular complexity index is 158. The number of primary amides is 1. The second-order valence-electron chi connectivity index (χ2n) is 2.35. The first kappa shape index (κ1) is 9.90. The van der Waals surface area contributed by atoms with Crippen LogP contribution in [0.3, 0.4) is 0 Å². The van der Waals surface area contributed by atoms with Gasteiger partial charge in [0, 0.05) is 6.04 Å². The van der Waals surface area contributed by atoms with Gasteiger partial charge in [-0.3, -0.25) is 9.59 Å². The lowest BCUT2D eigenvalue weighted by Crippen LogP contribution is -2.35. The largest absolute Gasteiger partial charge is 0.481 e. The number of carbonyl (C=O) groups excluding carboxylic acids is 1. The van der Waals surface area contributed by atoms with Crippen molar-refractivity contribution in [3.05, 3.63) is 0 Å². The van der Waals surface area contributed by atoms with Crippen molar-refractivity contribution in [1.29, 1.82) is 0 Å². The third-order valence-corrected chi connectivity index (χ3v) is 1.11. The molecular formula is C6H12N2O3. The number of aliphatic carboxylic acids is 1. The van der Waals surface area contributed by atoms with E-state index in [2.05, 4.69) is 5.32 Å². The van der Waals surface area contributed by atoms with E-state index in [0.717, 1.165) is 0 Å². The number of carboxylic acids is 1. The van der Waals surface area contributed by atoms with Gasteiger partial charge in [0.15, 0.2) is 0 Å². The van der Waals surface area contributed by atoms with Crippen LogP contribution in [0.5, 0.6) is 0 Å².